The lowest BCUT2D eigenvalue weighted by Gasteiger charge is -2.15. The van der Waals surface area contributed by atoms with Gasteiger partial charge in [0.05, 0.1) is 5.69 Å². The van der Waals surface area contributed by atoms with Crippen LogP contribution in [0, 0.1) is 19.7 Å². The van der Waals surface area contributed by atoms with E-state index in [2.05, 4.69) is 10.4 Å². The Hall–Kier alpha value is -1.39. The Bertz CT molecular complexity index is 622. The van der Waals surface area contributed by atoms with Crippen molar-refractivity contribution >= 4 is 11.6 Å². The third kappa shape index (κ3) is 3.02. The molecule has 2 rings (SSSR count). The molecule has 0 aliphatic carbocycles. The molecule has 1 aromatic carbocycles. The van der Waals surface area contributed by atoms with Gasteiger partial charge in [0.2, 0.25) is 0 Å². The van der Waals surface area contributed by atoms with E-state index in [0.29, 0.717) is 17.3 Å². The van der Waals surface area contributed by atoms with Gasteiger partial charge in [-0.15, -0.1) is 0 Å². The molecule has 0 bridgehead atoms. The first kappa shape index (κ1) is 15.0. The summed E-state index contributed by atoms with van der Waals surface area (Å²) in [6.45, 7) is 6.30. The number of aryl methyl sites for hydroxylation is 3. The topological polar surface area (TPSA) is 29.9 Å². The van der Waals surface area contributed by atoms with E-state index in [9.17, 15) is 4.39 Å². The molecule has 1 aromatic heterocycles. The van der Waals surface area contributed by atoms with Gasteiger partial charge in [-0.2, -0.15) is 5.10 Å². The summed E-state index contributed by atoms with van der Waals surface area (Å²) in [5.74, 6) is -0.174. The first-order valence-electron chi connectivity index (χ1n) is 6.57. The third-order valence-electron chi connectivity index (χ3n) is 3.55. The summed E-state index contributed by atoms with van der Waals surface area (Å²) < 4.78 is 15.2. The van der Waals surface area contributed by atoms with Crippen molar-refractivity contribution < 1.29 is 4.39 Å². The Morgan fingerprint density at radius 1 is 1.40 bits per heavy atom. The molecular formula is C15H19ClFN3. The SMILES string of the molecule is Cc1ccc(C(C)NCc2c(C)nn(C)c2Cl)cc1F. The first-order valence-corrected chi connectivity index (χ1v) is 6.95. The first-order chi connectivity index (χ1) is 9.40. The molecule has 0 radical (unpaired) electrons. The smallest absolute Gasteiger partial charge is 0.131 e. The molecule has 1 atom stereocenters. The average molecular weight is 296 g/mol. The van der Waals surface area contributed by atoms with Crippen LogP contribution in [0.3, 0.4) is 0 Å². The molecule has 0 saturated heterocycles. The third-order valence-corrected chi connectivity index (χ3v) is 4.02. The van der Waals surface area contributed by atoms with Crippen LogP contribution in [0.25, 0.3) is 0 Å². The molecule has 108 valence electrons. The van der Waals surface area contributed by atoms with Crippen LogP contribution in [0.2, 0.25) is 5.15 Å². The molecule has 0 spiro atoms. The molecule has 0 aliphatic heterocycles. The van der Waals surface area contributed by atoms with Gasteiger partial charge in [-0.1, -0.05) is 23.7 Å². The highest BCUT2D eigenvalue weighted by Gasteiger charge is 2.13. The molecular weight excluding hydrogens is 277 g/mol. The quantitative estimate of drug-likeness (QED) is 0.932. The maximum absolute atomic E-state index is 13.6. The van der Waals surface area contributed by atoms with Crippen LogP contribution in [0.1, 0.15) is 35.3 Å². The van der Waals surface area contributed by atoms with Crippen LogP contribution in [0.5, 0.6) is 0 Å². The predicted molar refractivity (Wildman–Crippen MR) is 79.3 cm³/mol. The van der Waals surface area contributed by atoms with Crippen LogP contribution >= 0.6 is 11.6 Å². The molecule has 5 heteroatoms. The minimum Gasteiger partial charge on any atom is -0.306 e. The lowest BCUT2D eigenvalue weighted by atomic mass is 10.1. The summed E-state index contributed by atoms with van der Waals surface area (Å²) >= 11 is 6.19. The lowest BCUT2D eigenvalue weighted by Crippen LogP contribution is -2.18. The van der Waals surface area contributed by atoms with Crippen LogP contribution in [0.4, 0.5) is 4.39 Å². The number of aromatic nitrogens is 2. The fourth-order valence-corrected chi connectivity index (χ4v) is 2.37. The van der Waals surface area contributed by atoms with E-state index in [1.54, 1.807) is 23.7 Å². The largest absolute Gasteiger partial charge is 0.306 e. The summed E-state index contributed by atoms with van der Waals surface area (Å²) in [4.78, 5) is 0. The minimum atomic E-state index is -0.174. The molecule has 1 heterocycles. The monoisotopic (exact) mass is 295 g/mol. The summed E-state index contributed by atoms with van der Waals surface area (Å²) in [6.07, 6.45) is 0. The summed E-state index contributed by atoms with van der Waals surface area (Å²) in [5.41, 5.74) is 3.47. The Kier molecular flexibility index (Phi) is 4.45. The zero-order valence-corrected chi connectivity index (χ0v) is 12.9. The van der Waals surface area contributed by atoms with Crippen LogP contribution in [0.15, 0.2) is 18.2 Å². The van der Waals surface area contributed by atoms with E-state index in [0.717, 1.165) is 16.8 Å². The summed E-state index contributed by atoms with van der Waals surface area (Å²) in [7, 11) is 1.82. The summed E-state index contributed by atoms with van der Waals surface area (Å²) in [6, 6.07) is 5.35. The standard InChI is InChI=1S/C15H19ClFN3/c1-9-5-6-12(7-14(9)17)10(2)18-8-13-11(3)19-20(4)15(13)16/h5-7,10,18H,8H2,1-4H3. The molecule has 0 saturated carbocycles. The fourth-order valence-electron chi connectivity index (χ4n) is 2.13. The maximum Gasteiger partial charge on any atom is 0.131 e. The van der Waals surface area contributed by atoms with E-state index in [-0.39, 0.29) is 11.9 Å². The van der Waals surface area contributed by atoms with Gasteiger partial charge in [0.15, 0.2) is 0 Å². The van der Waals surface area contributed by atoms with E-state index in [4.69, 9.17) is 11.6 Å². The van der Waals surface area contributed by atoms with Gasteiger partial charge in [-0.25, -0.2) is 4.39 Å². The molecule has 3 nitrogen and oxygen atoms in total. The molecule has 1 N–H and O–H groups in total. The molecule has 0 fully saturated rings. The second kappa shape index (κ2) is 5.94. The van der Waals surface area contributed by atoms with Crippen molar-refractivity contribution in [2.45, 2.75) is 33.4 Å². The number of nitrogens with zero attached hydrogens (tertiary/aromatic N) is 2. The van der Waals surface area contributed by atoms with Gasteiger partial charge in [-0.05, 0) is 38.0 Å². The van der Waals surface area contributed by atoms with E-state index in [1.165, 1.54) is 0 Å². The molecule has 0 amide bonds. The van der Waals surface area contributed by atoms with Gasteiger partial charge >= 0.3 is 0 Å². The van der Waals surface area contributed by atoms with Crippen molar-refractivity contribution in [3.63, 3.8) is 0 Å². The Morgan fingerprint density at radius 2 is 2.10 bits per heavy atom. The van der Waals surface area contributed by atoms with Crippen molar-refractivity contribution in [1.82, 2.24) is 15.1 Å². The zero-order chi connectivity index (χ0) is 14.9. The van der Waals surface area contributed by atoms with Crippen LogP contribution in [-0.2, 0) is 13.6 Å². The van der Waals surface area contributed by atoms with Gasteiger partial charge in [0, 0.05) is 25.2 Å². The van der Waals surface area contributed by atoms with Gasteiger partial charge in [-0.3, -0.25) is 4.68 Å². The van der Waals surface area contributed by atoms with E-state index in [1.807, 2.05) is 27.0 Å². The highest BCUT2D eigenvalue weighted by atomic mass is 35.5. The molecule has 1 unspecified atom stereocenters. The highest BCUT2D eigenvalue weighted by Crippen LogP contribution is 2.21. The normalized spacial score (nSPS) is 12.7. The maximum atomic E-state index is 13.6. The number of rotatable bonds is 4. The Labute approximate surface area is 123 Å². The lowest BCUT2D eigenvalue weighted by molar-refractivity contribution is 0.562. The number of hydrogen-bond donors (Lipinski definition) is 1. The van der Waals surface area contributed by atoms with Crippen LogP contribution < -0.4 is 5.32 Å². The predicted octanol–water partition coefficient (Wildman–Crippen LogP) is 3.68. The second-order valence-corrected chi connectivity index (χ2v) is 5.45. The molecule has 20 heavy (non-hydrogen) atoms. The zero-order valence-electron chi connectivity index (χ0n) is 12.2. The number of nitrogens with one attached hydrogen (secondary N) is 1. The van der Waals surface area contributed by atoms with Crippen molar-refractivity contribution in [3.05, 3.63) is 51.6 Å². The minimum absolute atomic E-state index is 0.0424. The molecule has 2 aromatic rings. The molecule has 0 aliphatic rings. The van der Waals surface area contributed by atoms with Gasteiger partial charge < -0.3 is 5.32 Å². The van der Waals surface area contributed by atoms with Crippen molar-refractivity contribution in [2.75, 3.05) is 0 Å². The van der Waals surface area contributed by atoms with Gasteiger partial charge in [0.25, 0.3) is 0 Å². The fraction of sp³-hybridized carbons (Fsp3) is 0.400. The Morgan fingerprint density at radius 3 is 2.65 bits per heavy atom. The van der Waals surface area contributed by atoms with Crippen molar-refractivity contribution in [1.29, 1.82) is 0 Å². The second-order valence-electron chi connectivity index (χ2n) is 5.09. The number of benzene rings is 1. The van der Waals surface area contributed by atoms with Crippen molar-refractivity contribution in [2.24, 2.45) is 7.05 Å². The van der Waals surface area contributed by atoms with E-state index >= 15 is 0 Å². The van der Waals surface area contributed by atoms with Crippen molar-refractivity contribution in [3.8, 4) is 0 Å². The highest BCUT2D eigenvalue weighted by molar-refractivity contribution is 6.30. The van der Waals surface area contributed by atoms with Crippen LogP contribution in [-0.4, -0.2) is 9.78 Å². The van der Waals surface area contributed by atoms with Gasteiger partial charge in [0.1, 0.15) is 11.0 Å². The number of halogens is 2. The average Bonchev–Trinajstić information content (AvgIpc) is 2.64. The Balaban J connectivity index is 2.08. The summed E-state index contributed by atoms with van der Waals surface area (Å²) in [5, 5.41) is 8.26. The van der Waals surface area contributed by atoms with E-state index < -0.39 is 0 Å². The number of hydrogen-bond acceptors (Lipinski definition) is 2.